The maximum absolute atomic E-state index is 10.3. The van der Waals surface area contributed by atoms with E-state index in [0.29, 0.717) is 18.2 Å². The molecule has 0 amide bonds. The maximum Gasteiger partial charge on any atom is 0.303 e. The van der Waals surface area contributed by atoms with Crippen molar-refractivity contribution >= 4 is 5.97 Å². The smallest absolute Gasteiger partial charge is 0.303 e. The largest absolute Gasteiger partial charge is 0.481 e. The molecule has 2 rings (SSSR count). The van der Waals surface area contributed by atoms with Crippen molar-refractivity contribution in [3.8, 4) is 0 Å². The lowest BCUT2D eigenvalue weighted by molar-refractivity contribution is -0.137. The highest BCUT2D eigenvalue weighted by Gasteiger charge is 2.29. The summed E-state index contributed by atoms with van der Waals surface area (Å²) in [7, 11) is 0. The number of aromatic nitrogens is 1. The van der Waals surface area contributed by atoms with Crippen LogP contribution in [-0.2, 0) is 11.2 Å². The third-order valence-electron chi connectivity index (χ3n) is 2.38. The van der Waals surface area contributed by atoms with Gasteiger partial charge in [-0.15, -0.1) is 0 Å². The van der Waals surface area contributed by atoms with Crippen molar-refractivity contribution < 1.29 is 14.3 Å². The average molecular weight is 195 g/mol. The first-order valence-electron chi connectivity index (χ1n) is 4.85. The topological polar surface area (TPSA) is 63.3 Å². The first-order chi connectivity index (χ1) is 6.66. The van der Waals surface area contributed by atoms with Crippen LogP contribution >= 0.6 is 0 Å². The predicted molar refractivity (Wildman–Crippen MR) is 49.2 cm³/mol. The normalized spacial score (nSPS) is 15.8. The van der Waals surface area contributed by atoms with E-state index in [-0.39, 0.29) is 6.42 Å². The summed E-state index contributed by atoms with van der Waals surface area (Å²) in [6.07, 6.45) is 2.83. The number of carbonyl (C=O) groups is 1. The first-order valence-corrected chi connectivity index (χ1v) is 4.85. The van der Waals surface area contributed by atoms with Crippen molar-refractivity contribution in [2.45, 2.75) is 38.5 Å². The van der Waals surface area contributed by atoms with E-state index < -0.39 is 5.97 Å². The molecule has 0 radical (unpaired) electrons. The molecule has 1 saturated carbocycles. The van der Waals surface area contributed by atoms with E-state index in [1.807, 2.05) is 6.92 Å². The molecule has 0 aliphatic heterocycles. The minimum atomic E-state index is -0.811. The van der Waals surface area contributed by atoms with Gasteiger partial charge >= 0.3 is 5.97 Å². The standard InChI is InChI=1S/C10H13NO3/c1-6-10(7-2-3-7)14-8(11-6)4-5-9(12)13/h7H,2-5H2,1H3,(H,12,13). The van der Waals surface area contributed by atoms with E-state index in [9.17, 15) is 4.79 Å². The molecule has 1 fully saturated rings. The number of nitrogens with zero attached hydrogens (tertiary/aromatic N) is 1. The zero-order valence-corrected chi connectivity index (χ0v) is 8.12. The predicted octanol–water partition coefficient (Wildman–Crippen LogP) is 1.88. The average Bonchev–Trinajstić information content (AvgIpc) is 2.88. The molecule has 1 aliphatic rings. The van der Waals surface area contributed by atoms with Crippen LogP contribution in [0.15, 0.2) is 4.42 Å². The summed E-state index contributed by atoms with van der Waals surface area (Å²) in [5.41, 5.74) is 0.924. The molecule has 1 aromatic rings. The molecule has 0 unspecified atom stereocenters. The Labute approximate surface area is 81.9 Å². The van der Waals surface area contributed by atoms with E-state index in [2.05, 4.69) is 4.98 Å². The van der Waals surface area contributed by atoms with Gasteiger partial charge < -0.3 is 9.52 Å². The Balaban J connectivity index is 2.04. The molecule has 14 heavy (non-hydrogen) atoms. The van der Waals surface area contributed by atoms with Crippen LogP contribution in [0.5, 0.6) is 0 Å². The van der Waals surface area contributed by atoms with Crippen molar-refractivity contribution in [2.75, 3.05) is 0 Å². The van der Waals surface area contributed by atoms with Crippen LogP contribution in [-0.4, -0.2) is 16.1 Å². The molecular formula is C10H13NO3. The third kappa shape index (κ3) is 1.95. The van der Waals surface area contributed by atoms with Crippen molar-refractivity contribution in [3.05, 3.63) is 17.3 Å². The van der Waals surface area contributed by atoms with Crippen LogP contribution in [0.2, 0.25) is 0 Å². The second-order valence-electron chi connectivity index (χ2n) is 3.73. The maximum atomic E-state index is 10.3. The summed E-state index contributed by atoms with van der Waals surface area (Å²) in [6.45, 7) is 1.92. The molecule has 1 aliphatic carbocycles. The second-order valence-corrected chi connectivity index (χ2v) is 3.73. The van der Waals surface area contributed by atoms with Gasteiger partial charge in [-0.1, -0.05) is 0 Å². The minimum absolute atomic E-state index is 0.0874. The van der Waals surface area contributed by atoms with Gasteiger partial charge in [-0.2, -0.15) is 0 Å². The molecule has 0 spiro atoms. The number of rotatable bonds is 4. The summed E-state index contributed by atoms with van der Waals surface area (Å²) in [4.78, 5) is 14.6. The van der Waals surface area contributed by atoms with Gasteiger partial charge in [-0.05, 0) is 19.8 Å². The lowest BCUT2D eigenvalue weighted by Gasteiger charge is -1.91. The molecule has 0 aromatic carbocycles. The summed E-state index contributed by atoms with van der Waals surface area (Å²) < 4.78 is 5.51. The van der Waals surface area contributed by atoms with E-state index in [0.717, 1.165) is 11.5 Å². The first kappa shape index (κ1) is 9.24. The monoisotopic (exact) mass is 195 g/mol. The van der Waals surface area contributed by atoms with Crippen molar-refractivity contribution in [1.29, 1.82) is 0 Å². The molecule has 0 saturated heterocycles. The van der Waals surface area contributed by atoms with Crippen LogP contribution in [0, 0.1) is 6.92 Å². The summed E-state index contributed by atoms with van der Waals surface area (Å²) >= 11 is 0. The van der Waals surface area contributed by atoms with Crippen LogP contribution in [0.3, 0.4) is 0 Å². The quantitative estimate of drug-likeness (QED) is 0.796. The second kappa shape index (κ2) is 3.44. The highest BCUT2D eigenvalue weighted by Crippen LogP contribution is 2.41. The Morgan fingerprint density at radius 1 is 1.64 bits per heavy atom. The highest BCUT2D eigenvalue weighted by molar-refractivity contribution is 5.66. The molecule has 1 heterocycles. The summed E-state index contributed by atoms with van der Waals surface area (Å²) in [5, 5.41) is 8.50. The Kier molecular flexibility index (Phi) is 2.27. The minimum Gasteiger partial charge on any atom is -0.481 e. The van der Waals surface area contributed by atoms with Gasteiger partial charge in [0.1, 0.15) is 5.76 Å². The van der Waals surface area contributed by atoms with Crippen LogP contribution in [0.1, 0.15) is 42.5 Å². The van der Waals surface area contributed by atoms with E-state index in [1.54, 1.807) is 0 Å². The number of hydrogen-bond acceptors (Lipinski definition) is 3. The number of oxazole rings is 1. The van der Waals surface area contributed by atoms with Gasteiger partial charge in [0.15, 0.2) is 5.89 Å². The van der Waals surface area contributed by atoms with Crippen LogP contribution in [0.25, 0.3) is 0 Å². The summed E-state index contributed by atoms with van der Waals surface area (Å²) in [6, 6.07) is 0. The van der Waals surface area contributed by atoms with Crippen molar-refractivity contribution in [2.24, 2.45) is 0 Å². The van der Waals surface area contributed by atoms with E-state index in [4.69, 9.17) is 9.52 Å². The van der Waals surface area contributed by atoms with E-state index in [1.165, 1.54) is 12.8 Å². The fraction of sp³-hybridized carbons (Fsp3) is 0.600. The fourth-order valence-electron chi connectivity index (χ4n) is 1.51. The van der Waals surface area contributed by atoms with Gasteiger partial charge in [0.2, 0.25) is 0 Å². The van der Waals surface area contributed by atoms with Gasteiger partial charge in [-0.3, -0.25) is 4.79 Å². The molecule has 76 valence electrons. The number of aliphatic carboxylic acids is 1. The van der Waals surface area contributed by atoms with Gasteiger partial charge in [-0.25, -0.2) is 4.98 Å². The lowest BCUT2D eigenvalue weighted by atomic mass is 10.3. The number of aryl methyl sites for hydroxylation is 2. The fourth-order valence-corrected chi connectivity index (χ4v) is 1.51. The zero-order valence-electron chi connectivity index (χ0n) is 8.12. The Morgan fingerprint density at radius 3 is 2.93 bits per heavy atom. The molecule has 1 N–H and O–H groups in total. The van der Waals surface area contributed by atoms with Crippen LogP contribution < -0.4 is 0 Å². The number of hydrogen-bond donors (Lipinski definition) is 1. The van der Waals surface area contributed by atoms with Gasteiger partial charge in [0.25, 0.3) is 0 Å². The number of carboxylic acid groups (broad SMARTS) is 1. The van der Waals surface area contributed by atoms with Gasteiger partial charge in [0, 0.05) is 12.3 Å². The zero-order chi connectivity index (χ0) is 10.1. The molecule has 1 aromatic heterocycles. The number of carboxylic acids is 1. The molecule has 4 heteroatoms. The Hall–Kier alpha value is -1.32. The van der Waals surface area contributed by atoms with Crippen molar-refractivity contribution in [1.82, 2.24) is 4.98 Å². The SMILES string of the molecule is Cc1nc(CCC(=O)O)oc1C1CC1. The molecular weight excluding hydrogens is 182 g/mol. The summed E-state index contributed by atoms with van der Waals surface area (Å²) in [5.74, 6) is 1.26. The van der Waals surface area contributed by atoms with Gasteiger partial charge in [0.05, 0.1) is 12.1 Å². The van der Waals surface area contributed by atoms with Crippen LogP contribution in [0.4, 0.5) is 0 Å². The Morgan fingerprint density at radius 2 is 2.36 bits per heavy atom. The highest BCUT2D eigenvalue weighted by atomic mass is 16.4. The van der Waals surface area contributed by atoms with E-state index >= 15 is 0 Å². The molecule has 0 atom stereocenters. The molecule has 4 nitrogen and oxygen atoms in total. The Bertz CT molecular complexity index is 352. The molecule has 0 bridgehead atoms. The lowest BCUT2D eigenvalue weighted by Crippen LogP contribution is -1.97. The van der Waals surface area contributed by atoms with Crippen molar-refractivity contribution in [3.63, 3.8) is 0 Å². The third-order valence-corrected chi connectivity index (χ3v) is 2.38.